The average Bonchev–Trinajstić information content (AvgIpc) is 2.36. The van der Waals surface area contributed by atoms with E-state index in [9.17, 15) is 0 Å². The van der Waals surface area contributed by atoms with Gasteiger partial charge in [0.15, 0.2) is 0 Å². The van der Waals surface area contributed by atoms with Crippen molar-refractivity contribution in [3.05, 3.63) is 23.8 Å². The summed E-state index contributed by atoms with van der Waals surface area (Å²) in [4.78, 5) is 2.46. The summed E-state index contributed by atoms with van der Waals surface area (Å²) in [6.07, 6.45) is 1.32. The molecule has 2 atom stereocenters. The smallest absolute Gasteiger partial charge is 0.120 e. The van der Waals surface area contributed by atoms with Gasteiger partial charge >= 0.3 is 0 Å². The van der Waals surface area contributed by atoms with Gasteiger partial charge in [0.05, 0.1) is 7.11 Å². The fraction of sp³-hybridized carbons (Fsp3) is 0.600. The Morgan fingerprint density at radius 2 is 1.94 bits per heavy atom. The van der Waals surface area contributed by atoms with Gasteiger partial charge in [0.2, 0.25) is 0 Å². The zero-order valence-electron chi connectivity index (χ0n) is 11.6. The van der Waals surface area contributed by atoms with Crippen molar-refractivity contribution in [3.8, 4) is 5.75 Å². The number of hydrogen-bond donors (Lipinski definition) is 1. The first kappa shape index (κ1) is 13.2. The largest absolute Gasteiger partial charge is 0.497 e. The maximum Gasteiger partial charge on any atom is 0.120 e. The number of rotatable bonds is 3. The van der Waals surface area contributed by atoms with Crippen LogP contribution in [0.25, 0.3) is 0 Å². The van der Waals surface area contributed by atoms with Gasteiger partial charge in [-0.3, -0.25) is 0 Å². The van der Waals surface area contributed by atoms with Gasteiger partial charge in [-0.05, 0) is 29.9 Å². The van der Waals surface area contributed by atoms with Crippen molar-refractivity contribution in [2.45, 2.75) is 26.8 Å². The molecule has 0 aromatic heterocycles. The fourth-order valence-electron chi connectivity index (χ4n) is 3.00. The second kappa shape index (κ2) is 5.61. The molecule has 1 aromatic rings. The first-order chi connectivity index (χ1) is 8.63. The highest BCUT2D eigenvalue weighted by Crippen LogP contribution is 2.31. The van der Waals surface area contributed by atoms with Crippen LogP contribution in [0.5, 0.6) is 5.75 Å². The summed E-state index contributed by atoms with van der Waals surface area (Å²) in [7, 11) is 1.71. The quantitative estimate of drug-likeness (QED) is 0.893. The van der Waals surface area contributed by atoms with Crippen LogP contribution in [0.4, 0.5) is 5.69 Å². The Morgan fingerprint density at radius 1 is 1.28 bits per heavy atom. The van der Waals surface area contributed by atoms with Crippen molar-refractivity contribution in [2.75, 3.05) is 25.1 Å². The minimum absolute atomic E-state index is 0.582. The van der Waals surface area contributed by atoms with Crippen LogP contribution in [-0.4, -0.2) is 20.2 Å². The Labute approximate surface area is 110 Å². The van der Waals surface area contributed by atoms with Crippen molar-refractivity contribution < 1.29 is 4.74 Å². The van der Waals surface area contributed by atoms with Crippen LogP contribution in [0, 0.1) is 11.8 Å². The van der Waals surface area contributed by atoms with E-state index in [1.54, 1.807) is 7.11 Å². The molecule has 1 aliphatic rings. The molecule has 0 aliphatic carbocycles. The molecule has 18 heavy (non-hydrogen) atoms. The van der Waals surface area contributed by atoms with E-state index < -0.39 is 0 Å². The highest BCUT2D eigenvalue weighted by molar-refractivity contribution is 5.57. The third-order valence-corrected chi connectivity index (χ3v) is 3.72. The van der Waals surface area contributed by atoms with Gasteiger partial charge in [-0.2, -0.15) is 0 Å². The maximum atomic E-state index is 5.85. The first-order valence-corrected chi connectivity index (χ1v) is 6.76. The predicted molar refractivity (Wildman–Crippen MR) is 76.0 cm³/mol. The second-order valence-electron chi connectivity index (χ2n) is 5.55. The molecule has 1 aromatic carbocycles. The monoisotopic (exact) mass is 248 g/mol. The molecule has 1 saturated heterocycles. The highest BCUT2D eigenvalue weighted by atomic mass is 16.5. The van der Waals surface area contributed by atoms with Crippen molar-refractivity contribution in [2.24, 2.45) is 17.6 Å². The Morgan fingerprint density at radius 3 is 2.50 bits per heavy atom. The van der Waals surface area contributed by atoms with Crippen molar-refractivity contribution >= 4 is 5.69 Å². The molecule has 3 heteroatoms. The standard InChI is InChI=1S/C15H24N2O/c1-11-6-12(2)10-17(9-11)15-7-14(18-3)5-4-13(15)8-16/h4-5,7,11-12H,6,8-10,16H2,1-3H3. The Balaban J connectivity index is 2.29. The predicted octanol–water partition coefficient (Wildman–Crippen LogP) is 2.64. The van der Waals surface area contributed by atoms with Gasteiger partial charge in [0.25, 0.3) is 0 Å². The van der Waals surface area contributed by atoms with Gasteiger partial charge in [0, 0.05) is 31.4 Å². The van der Waals surface area contributed by atoms with Gasteiger partial charge in [-0.15, -0.1) is 0 Å². The van der Waals surface area contributed by atoms with Gasteiger partial charge in [-0.1, -0.05) is 19.9 Å². The molecule has 0 bridgehead atoms. The zero-order valence-corrected chi connectivity index (χ0v) is 11.6. The number of hydrogen-bond acceptors (Lipinski definition) is 3. The van der Waals surface area contributed by atoms with E-state index in [4.69, 9.17) is 10.5 Å². The normalized spacial score (nSPS) is 24.1. The van der Waals surface area contributed by atoms with E-state index in [1.807, 2.05) is 6.07 Å². The molecule has 0 radical (unpaired) electrons. The van der Waals surface area contributed by atoms with Crippen molar-refractivity contribution in [1.29, 1.82) is 0 Å². The molecule has 1 heterocycles. The van der Waals surface area contributed by atoms with Crippen molar-refractivity contribution in [3.63, 3.8) is 0 Å². The zero-order chi connectivity index (χ0) is 13.1. The van der Waals surface area contributed by atoms with E-state index >= 15 is 0 Å². The van der Waals surface area contributed by atoms with E-state index in [1.165, 1.54) is 17.7 Å². The number of benzene rings is 1. The number of ether oxygens (including phenoxy) is 1. The third kappa shape index (κ3) is 2.78. The molecule has 1 fully saturated rings. The number of methoxy groups -OCH3 is 1. The van der Waals surface area contributed by atoms with Crippen molar-refractivity contribution in [1.82, 2.24) is 0 Å². The topological polar surface area (TPSA) is 38.5 Å². The summed E-state index contributed by atoms with van der Waals surface area (Å²) in [5.41, 5.74) is 8.30. The van der Waals surface area contributed by atoms with E-state index in [2.05, 4.69) is 30.9 Å². The van der Waals surface area contributed by atoms with Crippen LogP contribution >= 0.6 is 0 Å². The minimum atomic E-state index is 0.582. The lowest BCUT2D eigenvalue weighted by Crippen LogP contribution is -2.39. The maximum absolute atomic E-state index is 5.85. The summed E-state index contributed by atoms with van der Waals surface area (Å²) >= 11 is 0. The highest BCUT2D eigenvalue weighted by Gasteiger charge is 2.23. The SMILES string of the molecule is COc1ccc(CN)c(N2CC(C)CC(C)C2)c1. The summed E-state index contributed by atoms with van der Waals surface area (Å²) in [5, 5.41) is 0. The van der Waals surface area contributed by atoms with Crippen LogP contribution < -0.4 is 15.4 Å². The van der Waals surface area contributed by atoms with Crippen LogP contribution in [0.3, 0.4) is 0 Å². The summed E-state index contributed by atoms with van der Waals surface area (Å²) in [6, 6.07) is 6.19. The fourth-order valence-corrected chi connectivity index (χ4v) is 3.00. The number of anilines is 1. The third-order valence-electron chi connectivity index (χ3n) is 3.72. The lowest BCUT2D eigenvalue weighted by molar-refractivity contribution is 0.356. The van der Waals surface area contributed by atoms with Crippen LogP contribution in [0.1, 0.15) is 25.8 Å². The van der Waals surface area contributed by atoms with E-state index in [0.717, 1.165) is 30.7 Å². The Kier molecular flexibility index (Phi) is 4.12. The number of nitrogens with zero attached hydrogens (tertiary/aromatic N) is 1. The van der Waals surface area contributed by atoms with Crippen LogP contribution in [-0.2, 0) is 6.54 Å². The summed E-state index contributed by atoms with van der Waals surface area (Å²) in [5.74, 6) is 2.39. The molecule has 0 amide bonds. The average molecular weight is 248 g/mol. The summed E-state index contributed by atoms with van der Waals surface area (Å²) < 4.78 is 5.33. The minimum Gasteiger partial charge on any atom is -0.497 e. The van der Waals surface area contributed by atoms with Gasteiger partial charge < -0.3 is 15.4 Å². The van der Waals surface area contributed by atoms with E-state index in [0.29, 0.717) is 6.54 Å². The van der Waals surface area contributed by atoms with E-state index in [-0.39, 0.29) is 0 Å². The molecular formula is C15H24N2O. The number of piperidine rings is 1. The van der Waals surface area contributed by atoms with Crippen LogP contribution in [0.15, 0.2) is 18.2 Å². The second-order valence-corrected chi connectivity index (χ2v) is 5.55. The molecule has 100 valence electrons. The lowest BCUT2D eigenvalue weighted by Gasteiger charge is -2.37. The molecule has 1 aliphatic heterocycles. The Hall–Kier alpha value is -1.22. The molecule has 0 spiro atoms. The number of nitrogens with two attached hydrogens (primary N) is 1. The van der Waals surface area contributed by atoms with Gasteiger partial charge in [-0.25, -0.2) is 0 Å². The molecule has 2 rings (SSSR count). The van der Waals surface area contributed by atoms with Crippen LogP contribution in [0.2, 0.25) is 0 Å². The molecule has 2 N–H and O–H groups in total. The Bertz CT molecular complexity index is 395. The summed E-state index contributed by atoms with van der Waals surface area (Å²) in [6.45, 7) is 7.46. The van der Waals surface area contributed by atoms with Gasteiger partial charge in [0.1, 0.15) is 5.75 Å². The molecular weight excluding hydrogens is 224 g/mol. The molecule has 0 saturated carbocycles. The molecule has 2 unspecified atom stereocenters. The first-order valence-electron chi connectivity index (χ1n) is 6.76. The lowest BCUT2D eigenvalue weighted by atomic mass is 9.91. The molecule has 3 nitrogen and oxygen atoms in total.